The van der Waals surface area contributed by atoms with Crippen LogP contribution in [0.2, 0.25) is 0 Å². The molecule has 1 unspecified atom stereocenters. The summed E-state index contributed by atoms with van der Waals surface area (Å²) in [5.74, 6) is 0. The van der Waals surface area contributed by atoms with Crippen LogP contribution in [-0.2, 0) is 6.42 Å². The maximum atomic E-state index is 4.65. The number of halogens is 1. The van der Waals surface area contributed by atoms with E-state index in [2.05, 4.69) is 59.9 Å². The summed E-state index contributed by atoms with van der Waals surface area (Å²) in [6.45, 7) is 6.75. The van der Waals surface area contributed by atoms with Crippen molar-refractivity contribution in [3.05, 3.63) is 29.3 Å². The largest absolute Gasteiger partial charge is 0.241 e. The second-order valence-electron chi connectivity index (χ2n) is 5.11. The highest BCUT2D eigenvalue weighted by Gasteiger charge is 2.23. The number of alkyl halides is 1. The van der Waals surface area contributed by atoms with Crippen LogP contribution in [0, 0.1) is 5.41 Å². The van der Waals surface area contributed by atoms with Crippen molar-refractivity contribution in [3.63, 3.8) is 0 Å². The van der Waals surface area contributed by atoms with E-state index in [4.69, 9.17) is 0 Å². The molecule has 2 aromatic rings. The van der Waals surface area contributed by atoms with Crippen LogP contribution in [0.5, 0.6) is 0 Å². The Morgan fingerprint density at radius 2 is 2.00 bits per heavy atom. The molecule has 1 aromatic heterocycles. The molecule has 1 atom stereocenters. The van der Waals surface area contributed by atoms with Gasteiger partial charge in [-0.25, -0.2) is 4.98 Å². The van der Waals surface area contributed by atoms with Crippen molar-refractivity contribution in [1.29, 1.82) is 0 Å². The second-order valence-corrected chi connectivity index (χ2v) is 7.33. The van der Waals surface area contributed by atoms with E-state index in [9.17, 15) is 0 Å². The van der Waals surface area contributed by atoms with Gasteiger partial charge in [0.05, 0.1) is 15.2 Å². The molecule has 3 heteroatoms. The Balaban J connectivity index is 2.22. The second kappa shape index (κ2) is 4.46. The molecule has 0 radical (unpaired) electrons. The van der Waals surface area contributed by atoms with Gasteiger partial charge in [0.15, 0.2) is 0 Å². The summed E-state index contributed by atoms with van der Waals surface area (Å²) in [7, 11) is 0. The Labute approximate surface area is 109 Å². The first kappa shape index (κ1) is 12.1. The van der Waals surface area contributed by atoms with Crippen LogP contribution in [0.4, 0.5) is 0 Å². The molecule has 0 aliphatic heterocycles. The smallest absolute Gasteiger partial charge is 0.0949 e. The normalized spacial score (nSPS) is 14.2. The molecule has 86 valence electrons. The Morgan fingerprint density at radius 3 is 2.62 bits per heavy atom. The van der Waals surface area contributed by atoms with E-state index in [0.717, 1.165) is 11.9 Å². The molecule has 0 saturated heterocycles. The van der Waals surface area contributed by atoms with Gasteiger partial charge in [0.2, 0.25) is 0 Å². The SMILES string of the molecule is CC(C)(C)C(Br)Cc1nc2ccccc2s1. The highest BCUT2D eigenvalue weighted by atomic mass is 79.9. The number of aromatic nitrogens is 1. The van der Waals surface area contributed by atoms with Gasteiger partial charge in [0.25, 0.3) is 0 Å². The zero-order valence-electron chi connectivity index (χ0n) is 9.83. The molecular formula is C13H16BrNS. The highest BCUT2D eigenvalue weighted by Crippen LogP contribution is 2.31. The fourth-order valence-corrected chi connectivity index (χ4v) is 3.00. The lowest BCUT2D eigenvalue weighted by Crippen LogP contribution is -2.22. The number of hydrogen-bond donors (Lipinski definition) is 0. The van der Waals surface area contributed by atoms with Gasteiger partial charge in [0.1, 0.15) is 0 Å². The van der Waals surface area contributed by atoms with Crippen molar-refractivity contribution < 1.29 is 0 Å². The zero-order chi connectivity index (χ0) is 11.8. The minimum Gasteiger partial charge on any atom is -0.241 e. The van der Waals surface area contributed by atoms with Crippen LogP contribution < -0.4 is 0 Å². The van der Waals surface area contributed by atoms with E-state index >= 15 is 0 Å². The van der Waals surface area contributed by atoms with E-state index in [0.29, 0.717) is 4.83 Å². The Hall–Kier alpha value is -0.410. The third kappa shape index (κ3) is 2.64. The standard InChI is InChI=1S/C13H16BrNS/c1-13(2,3)11(14)8-12-15-9-6-4-5-7-10(9)16-12/h4-7,11H,8H2,1-3H3. The Bertz CT molecular complexity index is 451. The van der Waals surface area contributed by atoms with Gasteiger partial charge >= 0.3 is 0 Å². The van der Waals surface area contributed by atoms with Gasteiger partial charge in [-0.2, -0.15) is 0 Å². The molecule has 1 aromatic carbocycles. The maximum absolute atomic E-state index is 4.65. The van der Waals surface area contributed by atoms with Gasteiger partial charge in [0, 0.05) is 11.2 Å². The molecule has 0 aliphatic rings. The van der Waals surface area contributed by atoms with Crippen LogP contribution in [-0.4, -0.2) is 9.81 Å². The van der Waals surface area contributed by atoms with Gasteiger partial charge < -0.3 is 0 Å². The summed E-state index contributed by atoms with van der Waals surface area (Å²) >= 11 is 5.56. The predicted molar refractivity (Wildman–Crippen MR) is 75.5 cm³/mol. The molecule has 2 rings (SSSR count). The molecular weight excluding hydrogens is 282 g/mol. The summed E-state index contributed by atoms with van der Waals surface area (Å²) in [6, 6.07) is 8.33. The van der Waals surface area contributed by atoms with Crippen molar-refractivity contribution in [3.8, 4) is 0 Å². The summed E-state index contributed by atoms with van der Waals surface area (Å²) in [5.41, 5.74) is 1.40. The molecule has 0 spiro atoms. The van der Waals surface area contributed by atoms with Gasteiger partial charge in [-0.3, -0.25) is 0 Å². The zero-order valence-corrected chi connectivity index (χ0v) is 12.2. The number of nitrogens with zero attached hydrogens (tertiary/aromatic N) is 1. The molecule has 0 bridgehead atoms. The molecule has 0 fully saturated rings. The molecule has 16 heavy (non-hydrogen) atoms. The van der Waals surface area contributed by atoms with Crippen molar-refractivity contribution in [1.82, 2.24) is 4.98 Å². The molecule has 0 aliphatic carbocycles. The van der Waals surface area contributed by atoms with Gasteiger partial charge in [-0.1, -0.05) is 48.8 Å². The number of para-hydroxylation sites is 1. The minimum absolute atomic E-state index is 0.276. The summed E-state index contributed by atoms with van der Waals surface area (Å²) in [4.78, 5) is 5.13. The van der Waals surface area contributed by atoms with Crippen LogP contribution in [0.15, 0.2) is 24.3 Å². The lowest BCUT2D eigenvalue weighted by molar-refractivity contribution is 0.398. The van der Waals surface area contributed by atoms with Crippen LogP contribution >= 0.6 is 27.3 Å². The van der Waals surface area contributed by atoms with E-state index in [-0.39, 0.29) is 5.41 Å². The molecule has 1 nitrogen and oxygen atoms in total. The fraction of sp³-hybridized carbons (Fsp3) is 0.462. The summed E-state index contributed by atoms with van der Waals surface area (Å²) in [6.07, 6.45) is 1.00. The lowest BCUT2D eigenvalue weighted by Gasteiger charge is -2.24. The average Bonchev–Trinajstić information content (AvgIpc) is 2.58. The third-order valence-corrected chi connectivity index (χ3v) is 5.39. The number of fused-ring (bicyclic) bond motifs is 1. The van der Waals surface area contributed by atoms with Crippen molar-refractivity contribution in [2.75, 3.05) is 0 Å². The van der Waals surface area contributed by atoms with Gasteiger partial charge in [-0.05, 0) is 17.5 Å². The van der Waals surface area contributed by atoms with E-state index in [1.807, 2.05) is 6.07 Å². The topological polar surface area (TPSA) is 12.9 Å². The monoisotopic (exact) mass is 297 g/mol. The maximum Gasteiger partial charge on any atom is 0.0949 e. The number of hydrogen-bond acceptors (Lipinski definition) is 2. The van der Waals surface area contributed by atoms with Crippen LogP contribution in [0.25, 0.3) is 10.2 Å². The number of benzene rings is 1. The fourth-order valence-electron chi connectivity index (χ4n) is 1.47. The number of rotatable bonds is 2. The minimum atomic E-state index is 0.276. The van der Waals surface area contributed by atoms with E-state index in [1.165, 1.54) is 9.71 Å². The average molecular weight is 298 g/mol. The molecule has 1 heterocycles. The first-order chi connectivity index (χ1) is 7.47. The number of thiazole rings is 1. The summed E-state index contributed by atoms with van der Waals surface area (Å²) < 4.78 is 1.28. The Kier molecular flexibility index (Phi) is 3.36. The molecule has 0 N–H and O–H groups in total. The highest BCUT2D eigenvalue weighted by molar-refractivity contribution is 9.09. The first-order valence-electron chi connectivity index (χ1n) is 5.45. The van der Waals surface area contributed by atoms with Crippen LogP contribution in [0.1, 0.15) is 25.8 Å². The van der Waals surface area contributed by atoms with E-state index in [1.54, 1.807) is 11.3 Å². The summed E-state index contributed by atoms with van der Waals surface area (Å²) in [5, 5.41) is 1.22. The van der Waals surface area contributed by atoms with Crippen LogP contribution in [0.3, 0.4) is 0 Å². The Morgan fingerprint density at radius 1 is 1.31 bits per heavy atom. The van der Waals surface area contributed by atoms with Crippen molar-refractivity contribution in [2.24, 2.45) is 5.41 Å². The molecule has 0 amide bonds. The van der Waals surface area contributed by atoms with Gasteiger partial charge in [-0.15, -0.1) is 11.3 Å². The first-order valence-corrected chi connectivity index (χ1v) is 7.18. The van der Waals surface area contributed by atoms with Crippen molar-refractivity contribution in [2.45, 2.75) is 32.0 Å². The predicted octanol–water partition coefficient (Wildman–Crippen LogP) is 4.65. The van der Waals surface area contributed by atoms with E-state index < -0.39 is 0 Å². The van der Waals surface area contributed by atoms with Crippen molar-refractivity contribution >= 4 is 37.5 Å². The third-order valence-electron chi connectivity index (χ3n) is 2.63. The quantitative estimate of drug-likeness (QED) is 0.735. The molecule has 0 saturated carbocycles. The lowest BCUT2D eigenvalue weighted by atomic mass is 9.90.